The van der Waals surface area contributed by atoms with Crippen LogP contribution in [0, 0.1) is 17.5 Å². The number of hydrogen-bond acceptors (Lipinski definition) is 1. The number of rotatable bonds is 5. The highest BCUT2D eigenvalue weighted by molar-refractivity contribution is 9.10. The van der Waals surface area contributed by atoms with Crippen molar-refractivity contribution >= 4 is 15.9 Å². The molecule has 112 valence electrons. The summed E-state index contributed by atoms with van der Waals surface area (Å²) in [5.41, 5.74) is 0.521. The number of nitrogens with one attached hydrogen (secondary N) is 1. The molecule has 0 aromatic heterocycles. The molecule has 0 spiro atoms. The van der Waals surface area contributed by atoms with E-state index in [0.29, 0.717) is 12.0 Å². The Morgan fingerprint density at radius 2 is 1.67 bits per heavy atom. The predicted molar refractivity (Wildman–Crippen MR) is 80.7 cm³/mol. The Kier molecular flexibility index (Phi) is 5.42. The second-order valence-corrected chi connectivity index (χ2v) is 5.75. The van der Waals surface area contributed by atoms with Crippen LogP contribution >= 0.6 is 15.9 Å². The molecule has 0 saturated carbocycles. The van der Waals surface area contributed by atoms with Gasteiger partial charge in [0.15, 0.2) is 0 Å². The average Bonchev–Trinajstić information content (AvgIpc) is 2.45. The van der Waals surface area contributed by atoms with Gasteiger partial charge in [0.1, 0.15) is 17.5 Å². The van der Waals surface area contributed by atoms with E-state index in [2.05, 4.69) is 21.2 Å². The second kappa shape index (κ2) is 7.09. The average molecular weight is 358 g/mol. The molecule has 2 aromatic rings. The lowest BCUT2D eigenvalue weighted by atomic mass is 9.98. The third-order valence-electron chi connectivity index (χ3n) is 3.39. The highest BCUT2D eigenvalue weighted by atomic mass is 79.9. The Labute approximate surface area is 130 Å². The first-order valence-corrected chi connectivity index (χ1v) is 7.34. The van der Waals surface area contributed by atoms with Gasteiger partial charge in [-0.25, -0.2) is 13.2 Å². The maximum absolute atomic E-state index is 13.8. The van der Waals surface area contributed by atoms with Gasteiger partial charge in [-0.1, -0.05) is 22.0 Å². The van der Waals surface area contributed by atoms with Gasteiger partial charge in [0.2, 0.25) is 0 Å². The van der Waals surface area contributed by atoms with Gasteiger partial charge in [-0.15, -0.1) is 0 Å². The van der Waals surface area contributed by atoms with Crippen molar-refractivity contribution in [1.82, 2.24) is 5.32 Å². The molecule has 2 rings (SSSR count). The lowest BCUT2D eigenvalue weighted by molar-refractivity contribution is 0.493. The molecule has 0 aliphatic rings. The molecule has 0 fully saturated rings. The minimum absolute atomic E-state index is 0.0206. The van der Waals surface area contributed by atoms with E-state index in [9.17, 15) is 13.2 Å². The van der Waals surface area contributed by atoms with Gasteiger partial charge in [-0.05, 0) is 55.8 Å². The molecule has 0 aliphatic heterocycles. The van der Waals surface area contributed by atoms with Crippen LogP contribution in [-0.4, -0.2) is 13.1 Å². The summed E-state index contributed by atoms with van der Waals surface area (Å²) in [6, 6.07) is 8.18. The van der Waals surface area contributed by atoms with Crippen LogP contribution in [0.4, 0.5) is 13.2 Å². The molecule has 0 heterocycles. The Balaban J connectivity index is 2.19. The third kappa shape index (κ3) is 4.08. The molecular weight excluding hydrogens is 343 g/mol. The Morgan fingerprint density at radius 1 is 1.00 bits per heavy atom. The topological polar surface area (TPSA) is 12.0 Å². The highest BCUT2D eigenvalue weighted by Gasteiger charge is 2.16. The van der Waals surface area contributed by atoms with E-state index in [1.807, 2.05) is 0 Å². The van der Waals surface area contributed by atoms with Gasteiger partial charge in [-0.2, -0.15) is 0 Å². The first kappa shape index (κ1) is 16.0. The van der Waals surface area contributed by atoms with Crippen molar-refractivity contribution in [2.75, 3.05) is 7.05 Å². The van der Waals surface area contributed by atoms with E-state index >= 15 is 0 Å². The number of likely N-dealkylation sites (N-methyl/N-ethyl adjacent to an activating group) is 1. The minimum atomic E-state index is -0.579. The lowest BCUT2D eigenvalue weighted by Crippen LogP contribution is -2.31. The van der Waals surface area contributed by atoms with Crippen LogP contribution in [0.15, 0.2) is 40.9 Å². The summed E-state index contributed by atoms with van der Waals surface area (Å²) in [6.07, 6.45) is 0.497. The number of benzene rings is 2. The molecule has 0 radical (unpaired) electrons. The molecule has 0 saturated heterocycles. The van der Waals surface area contributed by atoms with E-state index in [1.54, 1.807) is 19.2 Å². The van der Waals surface area contributed by atoms with E-state index in [1.165, 1.54) is 24.3 Å². The second-order valence-electron chi connectivity index (χ2n) is 4.83. The van der Waals surface area contributed by atoms with Crippen LogP contribution in [0.3, 0.4) is 0 Å². The van der Waals surface area contributed by atoms with Crippen molar-refractivity contribution in [2.24, 2.45) is 0 Å². The SMILES string of the molecule is CNC(Cc1cc(Br)ccc1F)Cc1c(F)cccc1F. The maximum atomic E-state index is 13.8. The fraction of sp³-hybridized carbons (Fsp3) is 0.250. The Hall–Kier alpha value is -1.33. The fourth-order valence-corrected chi connectivity index (χ4v) is 2.62. The zero-order valence-electron chi connectivity index (χ0n) is 11.5. The molecule has 1 nitrogen and oxygen atoms in total. The van der Waals surface area contributed by atoms with Crippen molar-refractivity contribution in [2.45, 2.75) is 18.9 Å². The Bertz CT molecular complexity index is 611. The smallest absolute Gasteiger partial charge is 0.129 e. The lowest BCUT2D eigenvalue weighted by Gasteiger charge is -2.18. The van der Waals surface area contributed by atoms with Crippen molar-refractivity contribution < 1.29 is 13.2 Å². The molecule has 0 aliphatic carbocycles. The van der Waals surface area contributed by atoms with Crippen LogP contribution in [0.25, 0.3) is 0 Å². The first-order chi connectivity index (χ1) is 10.0. The zero-order valence-corrected chi connectivity index (χ0v) is 13.1. The molecule has 1 N–H and O–H groups in total. The maximum Gasteiger partial charge on any atom is 0.129 e. The molecule has 21 heavy (non-hydrogen) atoms. The summed E-state index contributed by atoms with van der Waals surface area (Å²) >= 11 is 3.29. The molecule has 2 aromatic carbocycles. The van der Waals surface area contributed by atoms with Crippen molar-refractivity contribution in [3.8, 4) is 0 Å². The van der Waals surface area contributed by atoms with Crippen molar-refractivity contribution in [3.63, 3.8) is 0 Å². The minimum Gasteiger partial charge on any atom is -0.316 e. The van der Waals surface area contributed by atoms with Crippen molar-refractivity contribution in [1.29, 1.82) is 0 Å². The monoisotopic (exact) mass is 357 g/mol. The van der Waals surface area contributed by atoms with Crippen LogP contribution in [0.5, 0.6) is 0 Å². The molecule has 5 heteroatoms. The van der Waals surface area contributed by atoms with Gasteiger partial charge in [0, 0.05) is 16.1 Å². The summed E-state index contributed by atoms with van der Waals surface area (Å²) in [4.78, 5) is 0. The van der Waals surface area contributed by atoms with Crippen LogP contribution in [-0.2, 0) is 12.8 Å². The quantitative estimate of drug-likeness (QED) is 0.843. The van der Waals surface area contributed by atoms with Gasteiger partial charge in [0.25, 0.3) is 0 Å². The van der Waals surface area contributed by atoms with Gasteiger partial charge < -0.3 is 5.32 Å². The third-order valence-corrected chi connectivity index (χ3v) is 3.89. The van der Waals surface area contributed by atoms with E-state index in [4.69, 9.17) is 0 Å². The molecule has 1 unspecified atom stereocenters. The summed E-state index contributed by atoms with van der Waals surface area (Å²) < 4.78 is 41.9. The Morgan fingerprint density at radius 3 is 2.29 bits per heavy atom. The largest absolute Gasteiger partial charge is 0.316 e. The zero-order chi connectivity index (χ0) is 15.4. The van der Waals surface area contributed by atoms with E-state index < -0.39 is 11.6 Å². The number of hydrogen-bond donors (Lipinski definition) is 1. The predicted octanol–water partition coefficient (Wildman–Crippen LogP) is 4.24. The summed E-state index contributed by atoms with van der Waals surface area (Å²) in [6.45, 7) is 0. The summed E-state index contributed by atoms with van der Waals surface area (Å²) in [5, 5.41) is 2.98. The van der Waals surface area contributed by atoms with Crippen molar-refractivity contribution in [3.05, 3.63) is 69.4 Å². The highest BCUT2D eigenvalue weighted by Crippen LogP contribution is 2.20. The number of halogens is 4. The standard InChI is InChI=1S/C16H15BrF3N/c1-21-12(8-10-7-11(17)5-6-14(10)18)9-13-15(19)3-2-4-16(13)20/h2-7,12,21H,8-9H2,1H3. The molecule has 0 bridgehead atoms. The van der Waals surface area contributed by atoms with E-state index in [0.717, 1.165) is 4.47 Å². The van der Waals surface area contributed by atoms with Crippen LogP contribution in [0.2, 0.25) is 0 Å². The summed E-state index contributed by atoms with van der Waals surface area (Å²) in [7, 11) is 1.69. The molecule has 0 amide bonds. The van der Waals surface area contributed by atoms with Crippen LogP contribution in [0.1, 0.15) is 11.1 Å². The first-order valence-electron chi connectivity index (χ1n) is 6.55. The molecule has 1 atom stereocenters. The van der Waals surface area contributed by atoms with Gasteiger partial charge in [0.05, 0.1) is 0 Å². The van der Waals surface area contributed by atoms with Gasteiger partial charge >= 0.3 is 0 Å². The van der Waals surface area contributed by atoms with Gasteiger partial charge in [-0.3, -0.25) is 0 Å². The normalized spacial score (nSPS) is 12.4. The van der Waals surface area contributed by atoms with E-state index in [-0.39, 0.29) is 23.8 Å². The fourth-order valence-electron chi connectivity index (χ4n) is 2.22. The van der Waals surface area contributed by atoms with Crippen LogP contribution < -0.4 is 5.32 Å². The molecular formula is C16H15BrF3N. The summed E-state index contributed by atoms with van der Waals surface area (Å²) in [5.74, 6) is -1.48.